The van der Waals surface area contributed by atoms with Crippen molar-refractivity contribution >= 4 is 11.9 Å². The summed E-state index contributed by atoms with van der Waals surface area (Å²) in [5.74, 6) is -0.865. The highest BCUT2D eigenvalue weighted by atomic mass is 16.4. The lowest BCUT2D eigenvalue weighted by Crippen LogP contribution is -2.30. The lowest BCUT2D eigenvalue weighted by molar-refractivity contribution is -0.137. The predicted molar refractivity (Wildman–Crippen MR) is 66.8 cm³/mol. The molecule has 1 N–H and O–H groups in total. The SMILES string of the molecule is CCN(Cc1ccncc1)C(=O)CCCC(=O)O. The number of amides is 1. The molecule has 18 heavy (non-hydrogen) atoms. The molecule has 0 aliphatic heterocycles. The Kier molecular flexibility index (Phi) is 5.84. The van der Waals surface area contributed by atoms with Crippen molar-refractivity contribution in [2.75, 3.05) is 6.54 Å². The van der Waals surface area contributed by atoms with Crippen molar-refractivity contribution in [1.29, 1.82) is 0 Å². The quantitative estimate of drug-likeness (QED) is 0.799. The summed E-state index contributed by atoms with van der Waals surface area (Å²) in [6.07, 6.45) is 4.10. The Balaban J connectivity index is 2.45. The monoisotopic (exact) mass is 250 g/mol. The van der Waals surface area contributed by atoms with E-state index in [1.165, 1.54) is 0 Å². The third kappa shape index (κ3) is 4.95. The molecule has 0 saturated heterocycles. The van der Waals surface area contributed by atoms with Gasteiger partial charge >= 0.3 is 5.97 Å². The van der Waals surface area contributed by atoms with E-state index in [1.807, 2.05) is 19.1 Å². The van der Waals surface area contributed by atoms with Crippen LogP contribution in [-0.2, 0) is 16.1 Å². The molecule has 5 heteroatoms. The van der Waals surface area contributed by atoms with Crippen LogP contribution in [0.1, 0.15) is 31.7 Å². The summed E-state index contributed by atoms with van der Waals surface area (Å²) < 4.78 is 0. The van der Waals surface area contributed by atoms with Crippen LogP contribution in [0.15, 0.2) is 24.5 Å². The molecular weight excluding hydrogens is 232 g/mol. The van der Waals surface area contributed by atoms with Crippen LogP contribution < -0.4 is 0 Å². The molecule has 0 aliphatic rings. The number of hydrogen-bond donors (Lipinski definition) is 1. The Morgan fingerprint density at radius 3 is 2.50 bits per heavy atom. The lowest BCUT2D eigenvalue weighted by Gasteiger charge is -2.20. The number of pyridine rings is 1. The smallest absolute Gasteiger partial charge is 0.303 e. The maximum Gasteiger partial charge on any atom is 0.303 e. The van der Waals surface area contributed by atoms with E-state index in [2.05, 4.69) is 4.98 Å². The molecule has 0 atom stereocenters. The van der Waals surface area contributed by atoms with Gasteiger partial charge in [0.1, 0.15) is 0 Å². The molecule has 1 aromatic rings. The van der Waals surface area contributed by atoms with E-state index in [4.69, 9.17) is 5.11 Å². The zero-order valence-electron chi connectivity index (χ0n) is 10.5. The zero-order chi connectivity index (χ0) is 13.4. The lowest BCUT2D eigenvalue weighted by atomic mass is 10.2. The summed E-state index contributed by atoms with van der Waals surface area (Å²) in [5, 5.41) is 8.53. The molecule has 98 valence electrons. The van der Waals surface area contributed by atoms with E-state index in [-0.39, 0.29) is 18.7 Å². The molecule has 0 saturated carbocycles. The molecular formula is C13H18N2O3. The first-order valence-corrected chi connectivity index (χ1v) is 6.02. The first kappa shape index (κ1) is 14.2. The maximum atomic E-state index is 11.9. The standard InChI is InChI=1S/C13H18N2O3/c1-2-15(10-11-6-8-14-9-7-11)12(16)4-3-5-13(17)18/h6-9H,2-5,10H2,1H3,(H,17,18). The number of nitrogens with zero attached hydrogens (tertiary/aromatic N) is 2. The summed E-state index contributed by atoms with van der Waals surface area (Å²) >= 11 is 0. The third-order valence-electron chi connectivity index (χ3n) is 2.64. The number of hydrogen-bond acceptors (Lipinski definition) is 3. The Hall–Kier alpha value is -1.91. The molecule has 1 heterocycles. The minimum Gasteiger partial charge on any atom is -0.481 e. The van der Waals surface area contributed by atoms with Gasteiger partial charge in [-0.2, -0.15) is 0 Å². The fraction of sp³-hybridized carbons (Fsp3) is 0.462. The van der Waals surface area contributed by atoms with Gasteiger partial charge in [0.25, 0.3) is 0 Å². The van der Waals surface area contributed by atoms with E-state index >= 15 is 0 Å². The molecule has 1 rings (SSSR count). The summed E-state index contributed by atoms with van der Waals surface area (Å²) in [5.41, 5.74) is 1.03. The Morgan fingerprint density at radius 1 is 1.28 bits per heavy atom. The number of aliphatic carboxylic acids is 1. The van der Waals surface area contributed by atoms with Gasteiger partial charge in [0.15, 0.2) is 0 Å². The first-order valence-electron chi connectivity index (χ1n) is 6.02. The van der Waals surface area contributed by atoms with Gasteiger partial charge < -0.3 is 10.0 Å². The molecule has 0 aromatic carbocycles. The van der Waals surface area contributed by atoms with Gasteiger partial charge in [-0.1, -0.05) is 0 Å². The van der Waals surface area contributed by atoms with E-state index in [0.717, 1.165) is 5.56 Å². The van der Waals surface area contributed by atoms with Crippen LogP contribution in [0, 0.1) is 0 Å². The molecule has 0 unspecified atom stereocenters. The van der Waals surface area contributed by atoms with Crippen molar-refractivity contribution in [1.82, 2.24) is 9.88 Å². The second-order valence-electron chi connectivity index (χ2n) is 4.01. The summed E-state index contributed by atoms with van der Waals surface area (Å²) in [4.78, 5) is 27.9. The fourth-order valence-corrected chi connectivity index (χ4v) is 1.63. The largest absolute Gasteiger partial charge is 0.481 e. The topological polar surface area (TPSA) is 70.5 Å². The number of rotatable bonds is 7. The second-order valence-corrected chi connectivity index (χ2v) is 4.01. The van der Waals surface area contributed by atoms with Gasteiger partial charge in [0.2, 0.25) is 5.91 Å². The molecule has 0 spiro atoms. The molecule has 0 radical (unpaired) electrons. The van der Waals surface area contributed by atoms with Crippen LogP contribution in [0.25, 0.3) is 0 Å². The van der Waals surface area contributed by atoms with Gasteiger partial charge in [0.05, 0.1) is 0 Å². The molecule has 0 bridgehead atoms. The van der Waals surface area contributed by atoms with Gasteiger partial charge in [-0.15, -0.1) is 0 Å². The highest BCUT2D eigenvalue weighted by Gasteiger charge is 2.12. The first-order chi connectivity index (χ1) is 8.63. The van der Waals surface area contributed by atoms with Crippen LogP contribution in [0.4, 0.5) is 0 Å². The number of carbonyl (C=O) groups is 2. The van der Waals surface area contributed by atoms with Crippen LogP contribution in [0.2, 0.25) is 0 Å². The van der Waals surface area contributed by atoms with E-state index < -0.39 is 5.97 Å². The van der Waals surface area contributed by atoms with E-state index in [9.17, 15) is 9.59 Å². The van der Waals surface area contributed by atoms with Crippen molar-refractivity contribution in [3.05, 3.63) is 30.1 Å². The number of carboxylic acids is 1. The van der Waals surface area contributed by atoms with Gasteiger partial charge in [-0.05, 0) is 31.0 Å². The van der Waals surface area contributed by atoms with Crippen LogP contribution >= 0.6 is 0 Å². The van der Waals surface area contributed by atoms with Gasteiger partial charge in [0, 0.05) is 38.3 Å². The summed E-state index contributed by atoms with van der Waals surface area (Å²) in [6.45, 7) is 3.08. The Bertz CT molecular complexity index is 392. The van der Waals surface area contributed by atoms with Crippen molar-refractivity contribution < 1.29 is 14.7 Å². The Labute approximate surface area is 106 Å². The van der Waals surface area contributed by atoms with Gasteiger partial charge in [-0.3, -0.25) is 14.6 Å². The average Bonchev–Trinajstić information content (AvgIpc) is 2.36. The van der Waals surface area contributed by atoms with Gasteiger partial charge in [-0.25, -0.2) is 0 Å². The molecule has 0 aliphatic carbocycles. The molecule has 1 aromatic heterocycles. The predicted octanol–water partition coefficient (Wildman–Crippen LogP) is 1.69. The van der Waals surface area contributed by atoms with Crippen molar-refractivity contribution in [2.24, 2.45) is 0 Å². The van der Waals surface area contributed by atoms with E-state index in [1.54, 1.807) is 17.3 Å². The summed E-state index contributed by atoms with van der Waals surface area (Å²) in [6, 6.07) is 3.74. The number of aromatic nitrogens is 1. The number of carboxylic acid groups (broad SMARTS) is 1. The highest BCUT2D eigenvalue weighted by Crippen LogP contribution is 2.07. The zero-order valence-corrected chi connectivity index (χ0v) is 10.5. The minimum absolute atomic E-state index is 0.00411. The van der Waals surface area contributed by atoms with Crippen molar-refractivity contribution in [3.63, 3.8) is 0 Å². The van der Waals surface area contributed by atoms with Crippen LogP contribution in [0.5, 0.6) is 0 Å². The molecule has 0 fully saturated rings. The molecule has 5 nitrogen and oxygen atoms in total. The van der Waals surface area contributed by atoms with Crippen molar-refractivity contribution in [2.45, 2.75) is 32.7 Å². The summed E-state index contributed by atoms with van der Waals surface area (Å²) in [7, 11) is 0. The normalized spacial score (nSPS) is 10.1. The minimum atomic E-state index is -0.861. The number of carbonyl (C=O) groups excluding carboxylic acids is 1. The second kappa shape index (κ2) is 7.42. The average molecular weight is 250 g/mol. The van der Waals surface area contributed by atoms with Crippen LogP contribution in [0.3, 0.4) is 0 Å². The van der Waals surface area contributed by atoms with E-state index in [0.29, 0.717) is 19.5 Å². The highest BCUT2D eigenvalue weighted by molar-refractivity contribution is 5.77. The third-order valence-corrected chi connectivity index (χ3v) is 2.64. The molecule has 1 amide bonds. The fourth-order valence-electron chi connectivity index (χ4n) is 1.63. The van der Waals surface area contributed by atoms with Crippen LogP contribution in [-0.4, -0.2) is 33.4 Å². The Morgan fingerprint density at radius 2 is 1.94 bits per heavy atom. The van der Waals surface area contributed by atoms with Crippen molar-refractivity contribution in [3.8, 4) is 0 Å². The maximum absolute atomic E-state index is 11.9.